The van der Waals surface area contributed by atoms with Crippen molar-refractivity contribution in [2.24, 2.45) is 5.41 Å². The number of aromatic nitrogens is 1. The van der Waals surface area contributed by atoms with E-state index in [-0.39, 0.29) is 34.9 Å². The first-order valence-electron chi connectivity index (χ1n) is 10.0. The summed E-state index contributed by atoms with van der Waals surface area (Å²) in [4.78, 5) is 41.4. The maximum atomic E-state index is 12.5. The lowest BCUT2D eigenvalue weighted by molar-refractivity contribution is -0.142. The molecule has 2 rings (SSSR count). The average Bonchev–Trinajstić information content (AvgIpc) is 3.07. The molecule has 0 fully saturated rings. The van der Waals surface area contributed by atoms with Crippen molar-refractivity contribution in [3.63, 3.8) is 0 Å². The lowest BCUT2D eigenvalue weighted by atomic mass is 9.92. The quantitative estimate of drug-likeness (QED) is 0.412. The van der Waals surface area contributed by atoms with Crippen molar-refractivity contribution in [1.82, 2.24) is 4.98 Å². The first-order valence-corrected chi connectivity index (χ1v) is 11.8. The van der Waals surface area contributed by atoms with Gasteiger partial charge in [-0.1, -0.05) is 26.8 Å². The van der Waals surface area contributed by atoms with Crippen LogP contribution in [0.5, 0.6) is 0 Å². The molecule has 0 bridgehead atoms. The monoisotopic (exact) mass is 463 g/mol. The van der Waals surface area contributed by atoms with E-state index < -0.39 is 0 Å². The van der Waals surface area contributed by atoms with E-state index >= 15 is 0 Å². The van der Waals surface area contributed by atoms with Crippen LogP contribution in [0, 0.1) is 5.41 Å². The molecule has 0 spiro atoms. The molecule has 1 unspecified atom stereocenters. The highest BCUT2D eigenvalue weighted by molar-refractivity contribution is 8.00. The highest BCUT2D eigenvalue weighted by atomic mass is 32.2. The fourth-order valence-electron chi connectivity index (χ4n) is 2.60. The number of nitrogens with one attached hydrogen (secondary N) is 2. The second kappa shape index (κ2) is 11.3. The van der Waals surface area contributed by atoms with E-state index in [0.29, 0.717) is 29.5 Å². The summed E-state index contributed by atoms with van der Waals surface area (Å²) in [5.74, 6) is -0.573. The number of benzene rings is 1. The van der Waals surface area contributed by atoms with Crippen LogP contribution in [0.1, 0.15) is 46.7 Å². The van der Waals surface area contributed by atoms with Gasteiger partial charge in [-0.3, -0.25) is 14.4 Å². The molecule has 0 radical (unpaired) electrons. The SMILES string of the molecule is CCOC(=O)Cc1csc(NC(=O)C(C)Sc2cccc(NC(=O)CC(C)(C)C)c2)n1. The Bertz CT molecular complexity index is 921. The molecule has 7 nitrogen and oxygen atoms in total. The molecule has 0 aliphatic heterocycles. The van der Waals surface area contributed by atoms with Crippen LogP contribution in [0.15, 0.2) is 34.5 Å². The minimum atomic E-state index is -0.377. The van der Waals surface area contributed by atoms with Crippen LogP contribution in [0.25, 0.3) is 0 Å². The Hall–Kier alpha value is -2.39. The minimum Gasteiger partial charge on any atom is -0.466 e. The summed E-state index contributed by atoms with van der Waals surface area (Å²) in [5.41, 5.74) is 1.18. The van der Waals surface area contributed by atoms with Crippen molar-refractivity contribution >= 4 is 51.7 Å². The zero-order valence-electron chi connectivity index (χ0n) is 18.5. The molecule has 168 valence electrons. The minimum absolute atomic E-state index is 0.0390. The van der Waals surface area contributed by atoms with E-state index in [9.17, 15) is 14.4 Å². The van der Waals surface area contributed by atoms with Crippen LogP contribution >= 0.6 is 23.1 Å². The second-order valence-corrected chi connectivity index (χ2v) is 10.5. The predicted molar refractivity (Wildman–Crippen MR) is 126 cm³/mol. The summed E-state index contributed by atoms with van der Waals surface area (Å²) >= 11 is 2.66. The Morgan fingerprint density at radius 2 is 1.97 bits per heavy atom. The van der Waals surface area contributed by atoms with E-state index in [1.54, 1.807) is 19.2 Å². The molecule has 0 aliphatic rings. The number of anilines is 2. The number of thiazole rings is 1. The van der Waals surface area contributed by atoms with Gasteiger partial charge < -0.3 is 15.4 Å². The van der Waals surface area contributed by atoms with Gasteiger partial charge in [-0.05, 0) is 37.5 Å². The molecule has 2 aromatic rings. The molecule has 0 aliphatic carbocycles. The molecule has 9 heteroatoms. The summed E-state index contributed by atoms with van der Waals surface area (Å²) < 4.78 is 4.91. The Balaban J connectivity index is 1.91. The van der Waals surface area contributed by atoms with Gasteiger partial charge in [-0.2, -0.15) is 0 Å². The van der Waals surface area contributed by atoms with E-state index in [1.807, 2.05) is 45.0 Å². The fourth-order valence-corrected chi connectivity index (χ4v) is 4.24. The molecule has 0 saturated heterocycles. The third-order valence-electron chi connectivity index (χ3n) is 3.90. The normalized spacial score (nSPS) is 12.2. The molecule has 1 aromatic carbocycles. The maximum Gasteiger partial charge on any atom is 0.311 e. The van der Waals surface area contributed by atoms with Gasteiger partial charge >= 0.3 is 5.97 Å². The number of thioether (sulfide) groups is 1. The van der Waals surface area contributed by atoms with Gasteiger partial charge in [0, 0.05) is 22.4 Å². The Morgan fingerprint density at radius 1 is 1.23 bits per heavy atom. The predicted octanol–water partition coefficient (Wildman–Crippen LogP) is 4.74. The smallest absolute Gasteiger partial charge is 0.311 e. The van der Waals surface area contributed by atoms with E-state index in [2.05, 4.69) is 15.6 Å². The number of hydrogen-bond acceptors (Lipinski definition) is 7. The summed E-state index contributed by atoms with van der Waals surface area (Å²) in [5, 5.41) is 7.49. The van der Waals surface area contributed by atoms with Gasteiger partial charge in [-0.25, -0.2) is 4.98 Å². The van der Waals surface area contributed by atoms with Crippen molar-refractivity contribution in [3.05, 3.63) is 35.3 Å². The van der Waals surface area contributed by atoms with Crippen molar-refractivity contribution in [2.45, 2.75) is 57.6 Å². The largest absolute Gasteiger partial charge is 0.466 e. The first kappa shape index (κ1) is 24.9. The lowest BCUT2D eigenvalue weighted by Gasteiger charge is -2.17. The fraction of sp³-hybridized carbons (Fsp3) is 0.455. The number of carbonyl (C=O) groups is 3. The maximum absolute atomic E-state index is 12.5. The highest BCUT2D eigenvalue weighted by Crippen LogP contribution is 2.28. The summed E-state index contributed by atoms with van der Waals surface area (Å²) in [6, 6.07) is 7.43. The number of esters is 1. The lowest BCUT2D eigenvalue weighted by Crippen LogP contribution is -2.22. The van der Waals surface area contributed by atoms with Crippen molar-refractivity contribution in [2.75, 3.05) is 17.2 Å². The molecule has 2 N–H and O–H groups in total. The number of amides is 2. The Kier molecular flexibility index (Phi) is 9.06. The molecular weight excluding hydrogens is 434 g/mol. The molecule has 0 saturated carbocycles. The Labute approximate surface area is 191 Å². The van der Waals surface area contributed by atoms with Crippen molar-refractivity contribution < 1.29 is 19.1 Å². The van der Waals surface area contributed by atoms with Gasteiger partial charge in [0.2, 0.25) is 11.8 Å². The van der Waals surface area contributed by atoms with E-state index in [1.165, 1.54) is 23.1 Å². The highest BCUT2D eigenvalue weighted by Gasteiger charge is 2.18. The van der Waals surface area contributed by atoms with Gasteiger partial charge in [0.05, 0.1) is 24.0 Å². The van der Waals surface area contributed by atoms with Crippen LogP contribution in [-0.2, 0) is 25.5 Å². The number of nitrogens with zero attached hydrogens (tertiary/aromatic N) is 1. The molecule has 1 atom stereocenters. The van der Waals surface area contributed by atoms with E-state index in [0.717, 1.165) is 4.90 Å². The average molecular weight is 464 g/mol. The number of hydrogen-bond donors (Lipinski definition) is 2. The topological polar surface area (TPSA) is 97.4 Å². The number of carbonyl (C=O) groups excluding carboxylic acids is 3. The standard InChI is InChI=1S/C22H29N3O4S2/c1-6-29-19(27)11-16-13-30-21(24-16)25-20(28)14(2)31-17-9-7-8-15(10-17)23-18(26)12-22(3,4)5/h7-10,13-14H,6,11-12H2,1-5H3,(H,23,26)(H,24,25,28). The van der Waals surface area contributed by atoms with Gasteiger partial charge in [-0.15, -0.1) is 23.1 Å². The summed E-state index contributed by atoms with van der Waals surface area (Å²) in [7, 11) is 0. The second-order valence-electron chi connectivity index (χ2n) is 8.19. The molecule has 1 heterocycles. The molecule has 1 aromatic heterocycles. The third kappa shape index (κ3) is 9.10. The van der Waals surface area contributed by atoms with Crippen molar-refractivity contribution in [3.8, 4) is 0 Å². The van der Waals surface area contributed by atoms with E-state index in [4.69, 9.17) is 4.74 Å². The zero-order valence-corrected chi connectivity index (χ0v) is 20.1. The van der Waals surface area contributed by atoms with Gasteiger partial charge in [0.1, 0.15) is 0 Å². The van der Waals surface area contributed by atoms with Gasteiger partial charge in [0.25, 0.3) is 0 Å². The summed E-state index contributed by atoms with van der Waals surface area (Å²) in [6.07, 6.45) is 0.507. The number of rotatable bonds is 9. The summed E-state index contributed by atoms with van der Waals surface area (Å²) in [6.45, 7) is 9.92. The molecule has 31 heavy (non-hydrogen) atoms. The Morgan fingerprint density at radius 3 is 2.65 bits per heavy atom. The first-order chi connectivity index (χ1) is 14.6. The van der Waals surface area contributed by atoms with Crippen molar-refractivity contribution in [1.29, 1.82) is 0 Å². The van der Waals surface area contributed by atoms with Crippen LogP contribution < -0.4 is 10.6 Å². The van der Waals surface area contributed by atoms with Crippen LogP contribution in [0.4, 0.5) is 10.8 Å². The molecular formula is C22H29N3O4S2. The van der Waals surface area contributed by atoms with Crippen LogP contribution in [0.3, 0.4) is 0 Å². The van der Waals surface area contributed by atoms with Crippen LogP contribution in [0.2, 0.25) is 0 Å². The zero-order chi connectivity index (χ0) is 23.0. The molecule has 2 amide bonds. The van der Waals surface area contributed by atoms with Gasteiger partial charge in [0.15, 0.2) is 5.13 Å². The number of ether oxygens (including phenoxy) is 1. The third-order valence-corrected chi connectivity index (χ3v) is 5.80. The van der Waals surface area contributed by atoms with Crippen LogP contribution in [-0.4, -0.2) is 34.6 Å².